The minimum Gasteiger partial charge on any atom is -0.459 e. The number of sulfone groups is 1. The van der Waals surface area contributed by atoms with Gasteiger partial charge in [0.25, 0.3) is 11.5 Å². The van der Waals surface area contributed by atoms with Crippen LogP contribution in [0.15, 0.2) is 56.8 Å². The summed E-state index contributed by atoms with van der Waals surface area (Å²) in [4.78, 5) is 28.7. The Labute approximate surface area is 175 Å². The van der Waals surface area contributed by atoms with Crippen molar-refractivity contribution in [3.8, 4) is 0 Å². The van der Waals surface area contributed by atoms with Gasteiger partial charge in [-0.1, -0.05) is 25.6 Å². The van der Waals surface area contributed by atoms with Crippen LogP contribution in [0.1, 0.15) is 18.0 Å². The number of aryl methyl sites for hydroxylation is 1. The molecule has 4 rings (SSSR count). The van der Waals surface area contributed by atoms with Gasteiger partial charge >= 0.3 is 0 Å². The number of furan rings is 1. The highest BCUT2D eigenvalue weighted by atomic mass is 32.2. The molecule has 3 aromatic rings. The van der Waals surface area contributed by atoms with Crippen LogP contribution >= 0.6 is 0 Å². The molecule has 9 heteroatoms. The molecule has 1 amide bonds. The van der Waals surface area contributed by atoms with E-state index in [9.17, 15) is 18.0 Å². The molecular weight excluding hydrogens is 406 g/mol. The van der Waals surface area contributed by atoms with Gasteiger partial charge in [0, 0.05) is 44.9 Å². The molecule has 8 nitrogen and oxygen atoms in total. The molecule has 1 fully saturated rings. The number of hydrogen-bond acceptors (Lipinski definition) is 6. The molecule has 2 aromatic heterocycles. The highest BCUT2D eigenvalue weighted by Gasteiger charge is 2.30. The van der Waals surface area contributed by atoms with Crippen molar-refractivity contribution in [1.82, 2.24) is 9.47 Å². The lowest BCUT2D eigenvalue weighted by Crippen LogP contribution is -2.49. The summed E-state index contributed by atoms with van der Waals surface area (Å²) in [5.41, 5.74) is 0.528. The molecule has 0 aliphatic carbocycles. The highest BCUT2D eigenvalue weighted by molar-refractivity contribution is 7.90. The van der Waals surface area contributed by atoms with Crippen molar-refractivity contribution in [1.29, 1.82) is 0 Å². The normalized spacial score (nSPS) is 14.6. The second kappa shape index (κ2) is 7.98. The van der Waals surface area contributed by atoms with Gasteiger partial charge in [-0.2, -0.15) is 0 Å². The Morgan fingerprint density at radius 2 is 1.70 bits per heavy atom. The molecule has 1 aliphatic rings. The van der Waals surface area contributed by atoms with Gasteiger partial charge in [0.1, 0.15) is 0 Å². The Bertz CT molecular complexity index is 1240. The van der Waals surface area contributed by atoms with Crippen LogP contribution in [0.5, 0.6) is 0 Å². The summed E-state index contributed by atoms with van der Waals surface area (Å²) >= 11 is 0. The van der Waals surface area contributed by atoms with Crippen molar-refractivity contribution in [2.75, 3.05) is 37.3 Å². The zero-order valence-electron chi connectivity index (χ0n) is 16.2. The molecule has 0 unspecified atom stereocenters. The number of amides is 1. The summed E-state index contributed by atoms with van der Waals surface area (Å²) in [6.45, 7) is 1.61. The van der Waals surface area contributed by atoms with Crippen LogP contribution in [-0.2, 0) is 16.9 Å². The lowest BCUT2D eigenvalue weighted by Gasteiger charge is -2.37. The van der Waals surface area contributed by atoms with Gasteiger partial charge in [0.05, 0.1) is 17.5 Å². The van der Waals surface area contributed by atoms with E-state index in [0.29, 0.717) is 42.8 Å². The van der Waals surface area contributed by atoms with E-state index in [1.165, 1.54) is 10.8 Å². The maximum atomic E-state index is 12.9. The molecule has 3 heterocycles. The van der Waals surface area contributed by atoms with E-state index in [1.54, 1.807) is 30.1 Å². The zero-order valence-corrected chi connectivity index (χ0v) is 17.0. The molecule has 1 saturated heterocycles. The predicted octanol–water partition coefficient (Wildman–Crippen LogP) is 2.13. The molecule has 0 bridgehead atoms. The molecule has 0 radical (unpaired) electrons. The fourth-order valence-corrected chi connectivity index (χ4v) is 4.83. The Morgan fingerprint density at radius 3 is 2.30 bits per heavy atom. The van der Waals surface area contributed by atoms with Crippen LogP contribution in [0.2, 0.25) is 0 Å². The van der Waals surface area contributed by atoms with Gasteiger partial charge in [-0.15, -0.1) is 0 Å². The smallest absolute Gasteiger partial charge is 0.289 e. The van der Waals surface area contributed by atoms with Crippen LogP contribution < -0.4 is 10.5 Å². The maximum absolute atomic E-state index is 12.9. The fraction of sp³-hybridized carbons (Fsp3) is 0.333. The molecule has 160 valence electrons. The largest absolute Gasteiger partial charge is 0.459 e. The number of piperazine rings is 1. The van der Waals surface area contributed by atoms with Gasteiger partial charge in [-0.3, -0.25) is 9.59 Å². The van der Waals surface area contributed by atoms with E-state index in [4.69, 9.17) is 4.42 Å². The Kier molecular flexibility index (Phi) is 5.76. The van der Waals surface area contributed by atoms with E-state index in [0.717, 1.165) is 6.26 Å². The summed E-state index contributed by atoms with van der Waals surface area (Å²) in [5, 5.41) is 0.695. The summed E-state index contributed by atoms with van der Waals surface area (Å²) in [7, 11) is -2.19. The minimum absolute atomic E-state index is 0. The molecule has 1 aliphatic heterocycles. The van der Waals surface area contributed by atoms with Gasteiger partial charge < -0.3 is 18.8 Å². The third-order valence-corrected chi connectivity index (χ3v) is 6.33. The molecule has 1 aromatic carbocycles. The number of rotatable bonds is 3. The number of hydrogen-bond donors (Lipinski definition) is 0. The molecule has 0 spiro atoms. The van der Waals surface area contributed by atoms with E-state index in [1.807, 2.05) is 23.1 Å². The Hall–Kier alpha value is -3.07. The standard InChI is InChI=1S/C20H21N3O5S.CH4/c1-21-15-7-4-3-6-14(15)17(18(20(21)25)29(2,26)27)22-9-11-23(12-10-22)19(24)16-8-5-13-28-16;/h3-8,13H,9-12H2,1-2H3;1H4. The molecule has 0 saturated carbocycles. The average molecular weight is 432 g/mol. The summed E-state index contributed by atoms with van der Waals surface area (Å²) in [6.07, 6.45) is 2.51. The van der Waals surface area contributed by atoms with E-state index in [2.05, 4.69) is 0 Å². The van der Waals surface area contributed by atoms with Crippen molar-refractivity contribution in [2.45, 2.75) is 12.3 Å². The topological polar surface area (TPSA) is 92.8 Å². The van der Waals surface area contributed by atoms with Crippen LogP contribution in [0, 0.1) is 0 Å². The first kappa shape index (κ1) is 21.6. The van der Waals surface area contributed by atoms with Gasteiger partial charge in [-0.05, 0) is 18.2 Å². The number of anilines is 1. The first-order valence-corrected chi connectivity index (χ1v) is 11.1. The van der Waals surface area contributed by atoms with Crippen LogP contribution in [-0.4, -0.2) is 56.2 Å². The molecule has 30 heavy (non-hydrogen) atoms. The maximum Gasteiger partial charge on any atom is 0.289 e. The second-order valence-corrected chi connectivity index (χ2v) is 9.04. The lowest BCUT2D eigenvalue weighted by atomic mass is 10.1. The third-order valence-electron chi connectivity index (χ3n) is 5.22. The van der Waals surface area contributed by atoms with Crippen molar-refractivity contribution in [2.24, 2.45) is 7.05 Å². The van der Waals surface area contributed by atoms with Gasteiger partial charge in [-0.25, -0.2) is 8.42 Å². The second-order valence-electron chi connectivity index (χ2n) is 7.09. The summed E-state index contributed by atoms with van der Waals surface area (Å²) in [6, 6.07) is 10.5. The number of fused-ring (bicyclic) bond motifs is 1. The lowest BCUT2D eigenvalue weighted by molar-refractivity contribution is 0.0714. The number of para-hydroxylation sites is 1. The monoisotopic (exact) mass is 431 g/mol. The van der Waals surface area contributed by atoms with Crippen molar-refractivity contribution >= 4 is 32.3 Å². The number of carbonyl (C=O) groups is 1. The fourth-order valence-electron chi connectivity index (χ4n) is 3.79. The van der Waals surface area contributed by atoms with Crippen LogP contribution in [0.3, 0.4) is 0 Å². The number of nitrogens with zero attached hydrogens (tertiary/aromatic N) is 3. The summed E-state index contributed by atoms with van der Waals surface area (Å²) in [5.74, 6) is 0.0705. The van der Waals surface area contributed by atoms with Crippen molar-refractivity contribution in [3.05, 3.63) is 58.8 Å². The number of aromatic nitrogens is 1. The Morgan fingerprint density at radius 1 is 1.03 bits per heavy atom. The Balaban J connectivity index is 0.00000256. The SMILES string of the molecule is C.Cn1c(=O)c(S(C)(=O)=O)c(N2CCN(C(=O)c3ccco3)CC2)c2ccccc21. The minimum atomic E-state index is -3.76. The van der Waals surface area contributed by atoms with Crippen LogP contribution in [0.4, 0.5) is 5.69 Å². The predicted molar refractivity (Wildman–Crippen MR) is 116 cm³/mol. The highest BCUT2D eigenvalue weighted by Crippen LogP contribution is 2.32. The van der Waals surface area contributed by atoms with E-state index >= 15 is 0 Å². The van der Waals surface area contributed by atoms with E-state index in [-0.39, 0.29) is 24.0 Å². The quantitative estimate of drug-likeness (QED) is 0.631. The van der Waals surface area contributed by atoms with Gasteiger partial charge in [0.2, 0.25) is 0 Å². The first-order chi connectivity index (χ1) is 13.8. The van der Waals surface area contributed by atoms with Crippen LogP contribution in [0.25, 0.3) is 10.9 Å². The number of carbonyl (C=O) groups excluding carboxylic acids is 1. The molecular formula is C21H25N3O5S. The molecule has 0 N–H and O–H groups in total. The first-order valence-electron chi connectivity index (χ1n) is 9.18. The number of benzene rings is 1. The average Bonchev–Trinajstić information content (AvgIpc) is 3.24. The number of pyridine rings is 1. The third kappa shape index (κ3) is 3.60. The summed E-state index contributed by atoms with van der Waals surface area (Å²) < 4.78 is 31.6. The van der Waals surface area contributed by atoms with Crippen molar-refractivity contribution in [3.63, 3.8) is 0 Å². The van der Waals surface area contributed by atoms with E-state index < -0.39 is 15.4 Å². The van der Waals surface area contributed by atoms with Crippen molar-refractivity contribution < 1.29 is 17.6 Å². The zero-order chi connectivity index (χ0) is 20.8. The van der Waals surface area contributed by atoms with Gasteiger partial charge in [0.15, 0.2) is 20.5 Å². The molecule has 0 atom stereocenters.